The molecule has 0 saturated carbocycles. The van der Waals surface area contributed by atoms with Crippen LogP contribution >= 0.6 is 0 Å². The Bertz CT molecular complexity index is 815. The van der Waals surface area contributed by atoms with Gasteiger partial charge in [-0.3, -0.25) is 0 Å². The van der Waals surface area contributed by atoms with Crippen molar-refractivity contribution < 1.29 is 0 Å². The van der Waals surface area contributed by atoms with Crippen molar-refractivity contribution in [2.24, 2.45) is 0 Å². The second-order valence-corrected chi connectivity index (χ2v) is 5.92. The summed E-state index contributed by atoms with van der Waals surface area (Å²) in [4.78, 5) is 0. The number of rotatable bonds is 6. The van der Waals surface area contributed by atoms with Gasteiger partial charge >= 0.3 is 0 Å². The van der Waals surface area contributed by atoms with E-state index in [1.54, 1.807) is 0 Å². The van der Waals surface area contributed by atoms with Crippen LogP contribution in [0.1, 0.15) is 22.3 Å². The van der Waals surface area contributed by atoms with Crippen molar-refractivity contribution in [2.75, 3.05) is 0 Å². The Balaban J connectivity index is 1.53. The van der Waals surface area contributed by atoms with Crippen molar-refractivity contribution in [2.45, 2.75) is 0 Å². The molecule has 0 aliphatic carbocycles. The Hall–Kier alpha value is -3.38. The van der Waals surface area contributed by atoms with E-state index in [1.807, 2.05) is 36.4 Å². The molecule has 0 N–H and O–H groups in total. The van der Waals surface area contributed by atoms with E-state index >= 15 is 0 Å². The highest BCUT2D eigenvalue weighted by molar-refractivity contribution is 5.61. The lowest BCUT2D eigenvalue weighted by Crippen LogP contribution is -1.74. The Labute approximate surface area is 156 Å². The first-order valence-electron chi connectivity index (χ1n) is 8.80. The largest absolute Gasteiger partial charge is 0.0622 e. The van der Waals surface area contributed by atoms with Crippen LogP contribution in [0.3, 0.4) is 0 Å². The summed E-state index contributed by atoms with van der Waals surface area (Å²) in [5.41, 5.74) is 4.81. The summed E-state index contributed by atoms with van der Waals surface area (Å²) < 4.78 is 0. The van der Waals surface area contributed by atoms with Gasteiger partial charge < -0.3 is 0 Å². The second-order valence-electron chi connectivity index (χ2n) is 5.92. The fourth-order valence-corrected chi connectivity index (χ4v) is 2.51. The molecule has 0 aliphatic heterocycles. The van der Waals surface area contributed by atoms with Crippen LogP contribution in [0.15, 0.2) is 109 Å². The molecule has 3 rings (SSSR count). The first-order valence-corrected chi connectivity index (χ1v) is 8.80. The molecule has 0 heterocycles. The molecule has 0 saturated heterocycles. The minimum absolute atomic E-state index is 1.19. The summed E-state index contributed by atoms with van der Waals surface area (Å²) >= 11 is 0. The molecule has 0 atom stereocenters. The second kappa shape index (κ2) is 9.80. The summed E-state index contributed by atoms with van der Waals surface area (Å²) in [6, 6.07) is 29.2. The van der Waals surface area contributed by atoms with Gasteiger partial charge in [0.1, 0.15) is 0 Å². The monoisotopic (exact) mass is 334 g/mol. The van der Waals surface area contributed by atoms with Crippen LogP contribution in [-0.4, -0.2) is 0 Å². The molecule has 0 radical (unpaired) electrons. The molecule has 126 valence electrons. The van der Waals surface area contributed by atoms with E-state index in [0.717, 1.165) is 0 Å². The summed E-state index contributed by atoms with van der Waals surface area (Å²) in [5.74, 6) is 0. The molecular weight excluding hydrogens is 312 g/mol. The zero-order chi connectivity index (χ0) is 17.9. The van der Waals surface area contributed by atoms with Crippen molar-refractivity contribution in [3.05, 3.63) is 131 Å². The topological polar surface area (TPSA) is 0 Å². The van der Waals surface area contributed by atoms with Crippen molar-refractivity contribution in [3.63, 3.8) is 0 Å². The molecule has 0 amide bonds. The van der Waals surface area contributed by atoms with E-state index in [1.165, 1.54) is 22.3 Å². The van der Waals surface area contributed by atoms with Gasteiger partial charge in [-0.25, -0.2) is 0 Å². The maximum Gasteiger partial charge on any atom is -0.0256 e. The molecule has 0 aromatic heterocycles. The third-order valence-electron chi connectivity index (χ3n) is 3.91. The van der Waals surface area contributed by atoms with Gasteiger partial charge in [0.25, 0.3) is 0 Å². The molecule has 0 aliphatic rings. The maximum absolute atomic E-state index is 2.13. The lowest BCUT2D eigenvalue weighted by atomic mass is 10.1. The number of hydrogen-bond donors (Lipinski definition) is 0. The standard InChI is InChI=1S/C26H22/c1-3-11-23(12-4-1)15-7-9-17-25-19-21-26(22-20-25)18-10-8-16-24-13-5-2-6-14-24/h1-22H/b15-7+,16-8?,17-9?,18-10+. The molecular formula is C26H22. The number of benzene rings is 3. The minimum Gasteiger partial charge on any atom is -0.0622 e. The van der Waals surface area contributed by atoms with Crippen LogP contribution in [0.2, 0.25) is 0 Å². The lowest BCUT2D eigenvalue weighted by Gasteiger charge is -1.95. The van der Waals surface area contributed by atoms with E-state index in [2.05, 4.69) is 97.1 Å². The van der Waals surface area contributed by atoms with Gasteiger partial charge in [0, 0.05) is 0 Å². The third-order valence-corrected chi connectivity index (χ3v) is 3.91. The van der Waals surface area contributed by atoms with Crippen molar-refractivity contribution in [1.82, 2.24) is 0 Å². The van der Waals surface area contributed by atoms with Crippen LogP contribution in [0, 0.1) is 0 Å². The quantitative estimate of drug-likeness (QED) is 0.420. The molecule has 3 aromatic carbocycles. The smallest absolute Gasteiger partial charge is 0.0256 e. The summed E-state index contributed by atoms with van der Waals surface area (Å²) in [7, 11) is 0. The maximum atomic E-state index is 2.13. The zero-order valence-electron chi connectivity index (χ0n) is 14.7. The average Bonchev–Trinajstić information content (AvgIpc) is 2.71. The SMILES string of the molecule is C(=Cc1ccc(/C=C/C=Cc2ccccc2)cc1)/C=C/c1ccccc1. The van der Waals surface area contributed by atoms with Crippen LogP contribution in [-0.2, 0) is 0 Å². The minimum atomic E-state index is 1.19. The van der Waals surface area contributed by atoms with Crippen LogP contribution < -0.4 is 0 Å². The van der Waals surface area contributed by atoms with Crippen LogP contribution in [0.4, 0.5) is 0 Å². The van der Waals surface area contributed by atoms with Gasteiger partial charge in [-0.05, 0) is 22.3 Å². The van der Waals surface area contributed by atoms with Crippen molar-refractivity contribution >= 4 is 24.3 Å². The van der Waals surface area contributed by atoms with Crippen LogP contribution in [0.25, 0.3) is 24.3 Å². The fraction of sp³-hybridized carbons (Fsp3) is 0. The summed E-state index contributed by atoms with van der Waals surface area (Å²) in [6.45, 7) is 0. The summed E-state index contributed by atoms with van der Waals surface area (Å²) in [6.07, 6.45) is 16.7. The lowest BCUT2D eigenvalue weighted by molar-refractivity contribution is 1.62. The van der Waals surface area contributed by atoms with E-state index in [9.17, 15) is 0 Å². The van der Waals surface area contributed by atoms with Gasteiger partial charge in [0.15, 0.2) is 0 Å². The van der Waals surface area contributed by atoms with Gasteiger partial charge in [-0.1, -0.05) is 134 Å². The molecule has 0 spiro atoms. The summed E-state index contributed by atoms with van der Waals surface area (Å²) in [5, 5.41) is 0. The third kappa shape index (κ3) is 5.92. The van der Waals surface area contributed by atoms with E-state index in [-0.39, 0.29) is 0 Å². The van der Waals surface area contributed by atoms with E-state index in [4.69, 9.17) is 0 Å². The first kappa shape index (κ1) is 17.4. The normalized spacial score (nSPS) is 12.0. The number of allylic oxidation sites excluding steroid dienone is 4. The van der Waals surface area contributed by atoms with Gasteiger partial charge in [0.05, 0.1) is 0 Å². The molecule has 0 nitrogen and oxygen atoms in total. The molecule has 0 heteroatoms. The molecule has 3 aromatic rings. The Morgan fingerprint density at radius 2 is 0.577 bits per heavy atom. The zero-order valence-corrected chi connectivity index (χ0v) is 14.7. The predicted molar refractivity (Wildman–Crippen MR) is 115 cm³/mol. The molecule has 0 fully saturated rings. The highest BCUT2D eigenvalue weighted by atomic mass is 13.9. The Kier molecular flexibility index (Phi) is 6.58. The molecule has 0 bridgehead atoms. The highest BCUT2D eigenvalue weighted by Crippen LogP contribution is 2.09. The van der Waals surface area contributed by atoms with Crippen molar-refractivity contribution in [3.8, 4) is 0 Å². The Morgan fingerprint density at radius 3 is 0.885 bits per heavy atom. The molecule has 26 heavy (non-hydrogen) atoms. The molecule has 0 unspecified atom stereocenters. The van der Waals surface area contributed by atoms with Crippen LogP contribution in [0.5, 0.6) is 0 Å². The number of hydrogen-bond acceptors (Lipinski definition) is 0. The average molecular weight is 334 g/mol. The predicted octanol–water partition coefficient (Wildman–Crippen LogP) is 7.14. The Morgan fingerprint density at radius 1 is 0.308 bits per heavy atom. The highest BCUT2D eigenvalue weighted by Gasteiger charge is 1.88. The van der Waals surface area contributed by atoms with Crippen molar-refractivity contribution in [1.29, 1.82) is 0 Å². The van der Waals surface area contributed by atoms with Gasteiger partial charge in [0.2, 0.25) is 0 Å². The fourth-order valence-electron chi connectivity index (χ4n) is 2.51. The van der Waals surface area contributed by atoms with E-state index in [0.29, 0.717) is 0 Å². The van der Waals surface area contributed by atoms with Gasteiger partial charge in [-0.15, -0.1) is 0 Å². The first-order chi connectivity index (χ1) is 12.9. The van der Waals surface area contributed by atoms with Gasteiger partial charge in [-0.2, -0.15) is 0 Å². The van der Waals surface area contributed by atoms with E-state index < -0.39 is 0 Å².